The number of hydrogen-bond acceptors (Lipinski definition) is 6. The molecule has 0 spiro atoms. The minimum atomic E-state index is -4.22. The number of hydrogen-bond donors (Lipinski definition) is 1. The van der Waals surface area contributed by atoms with Crippen LogP contribution in [-0.4, -0.2) is 83.0 Å². The summed E-state index contributed by atoms with van der Waals surface area (Å²) in [7, 11) is -7.71. The third-order valence-electron chi connectivity index (χ3n) is 5.36. The first-order valence-electron chi connectivity index (χ1n) is 9.90. The topological polar surface area (TPSA) is 113 Å². The number of ether oxygens (including phenoxy) is 1. The van der Waals surface area contributed by atoms with Gasteiger partial charge in [-0.1, -0.05) is 0 Å². The summed E-state index contributed by atoms with van der Waals surface area (Å²) in [4.78, 5) is 11.6. The number of morpholine rings is 1. The van der Waals surface area contributed by atoms with Crippen LogP contribution >= 0.6 is 0 Å². The monoisotopic (exact) mass is 481 g/mol. The second kappa shape index (κ2) is 9.86. The Hall–Kier alpha value is -1.67. The van der Waals surface area contributed by atoms with E-state index in [0.29, 0.717) is 19.3 Å². The number of nitrogens with one attached hydrogen (secondary N) is 1. The SMILES string of the molecule is O=C(NCCS(=O)(=O)N1CCOCC1)C1CCN(S(=O)(=O)c2cc(F)ccc2F)CC1. The van der Waals surface area contributed by atoms with E-state index < -0.39 is 42.5 Å². The lowest BCUT2D eigenvalue weighted by Crippen LogP contribution is -2.46. The van der Waals surface area contributed by atoms with Gasteiger partial charge in [0.25, 0.3) is 0 Å². The Kier molecular flexibility index (Phi) is 7.63. The number of benzene rings is 1. The van der Waals surface area contributed by atoms with Crippen molar-refractivity contribution in [2.45, 2.75) is 17.7 Å². The molecule has 1 amide bonds. The number of nitrogens with zero attached hydrogens (tertiary/aromatic N) is 2. The molecule has 2 fully saturated rings. The molecule has 3 rings (SSSR count). The highest BCUT2D eigenvalue weighted by Gasteiger charge is 2.34. The molecule has 13 heteroatoms. The number of piperidine rings is 1. The average Bonchev–Trinajstić information content (AvgIpc) is 2.76. The van der Waals surface area contributed by atoms with E-state index in [2.05, 4.69) is 5.32 Å². The van der Waals surface area contributed by atoms with Gasteiger partial charge in [0.05, 0.1) is 19.0 Å². The number of sulfonamides is 2. The lowest BCUT2D eigenvalue weighted by atomic mass is 9.97. The van der Waals surface area contributed by atoms with Gasteiger partial charge in [0, 0.05) is 38.6 Å². The van der Waals surface area contributed by atoms with Crippen LogP contribution in [0.15, 0.2) is 23.1 Å². The smallest absolute Gasteiger partial charge is 0.246 e. The van der Waals surface area contributed by atoms with Crippen LogP contribution in [0.25, 0.3) is 0 Å². The first kappa shape index (κ1) is 24.0. The molecule has 1 aromatic carbocycles. The van der Waals surface area contributed by atoms with Crippen LogP contribution in [0.3, 0.4) is 0 Å². The van der Waals surface area contributed by atoms with Gasteiger partial charge in [0.15, 0.2) is 0 Å². The highest BCUT2D eigenvalue weighted by atomic mass is 32.2. The largest absolute Gasteiger partial charge is 0.379 e. The van der Waals surface area contributed by atoms with E-state index in [0.717, 1.165) is 16.4 Å². The van der Waals surface area contributed by atoms with Crippen LogP contribution < -0.4 is 5.32 Å². The molecular formula is C18H25F2N3O6S2. The van der Waals surface area contributed by atoms with Gasteiger partial charge in [0.2, 0.25) is 26.0 Å². The molecule has 0 atom stereocenters. The zero-order valence-electron chi connectivity index (χ0n) is 16.8. The van der Waals surface area contributed by atoms with Gasteiger partial charge in [-0.3, -0.25) is 4.79 Å². The lowest BCUT2D eigenvalue weighted by Gasteiger charge is -2.30. The minimum absolute atomic E-state index is 0.0253. The van der Waals surface area contributed by atoms with E-state index >= 15 is 0 Å². The summed E-state index contributed by atoms with van der Waals surface area (Å²) in [6.45, 7) is 1.15. The van der Waals surface area contributed by atoms with E-state index in [1.807, 2.05) is 0 Å². The van der Waals surface area contributed by atoms with Gasteiger partial charge in [0.1, 0.15) is 16.5 Å². The molecule has 0 aliphatic carbocycles. The van der Waals surface area contributed by atoms with Crippen molar-refractivity contribution < 1.29 is 35.1 Å². The molecule has 0 unspecified atom stereocenters. The fourth-order valence-corrected chi connectivity index (χ4v) is 6.44. The average molecular weight is 482 g/mol. The summed E-state index contributed by atoms with van der Waals surface area (Å²) in [6.07, 6.45) is 0.385. The second-order valence-electron chi connectivity index (χ2n) is 7.37. The molecule has 0 radical (unpaired) electrons. The van der Waals surface area contributed by atoms with Gasteiger partial charge in [-0.25, -0.2) is 25.6 Å². The summed E-state index contributed by atoms with van der Waals surface area (Å²) in [6, 6.07) is 2.23. The lowest BCUT2D eigenvalue weighted by molar-refractivity contribution is -0.125. The maximum atomic E-state index is 13.9. The van der Waals surface area contributed by atoms with Crippen molar-refractivity contribution in [3.05, 3.63) is 29.8 Å². The van der Waals surface area contributed by atoms with Crippen LogP contribution in [-0.2, 0) is 29.6 Å². The minimum Gasteiger partial charge on any atom is -0.379 e. The molecule has 174 valence electrons. The molecule has 31 heavy (non-hydrogen) atoms. The molecule has 0 saturated carbocycles. The standard InChI is InChI=1S/C18H25F2N3O6S2/c19-15-1-2-16(20)17(13-15)31(27,28)23-6-3-14(4-7-23)18(24)21-5-12-30(25,26)22-8-10-29-11-9-22/h1-2,13-14H,3-12H2,(H,21,24). The predicted molar refractivity (Wildman–Crippen MR) is 107 cm³/mol. The van der Waals surface area contributed by atoms with Crippen molar-refractivity contribution in [3.8, 4) is 0 Å². The van der Waals surface area contributed by atoms with Crippen LogP contribution in [0.5, 0.6) is 0 Å². The molecule has 0 bridgehead atoms. The fraction of sp³-hybridized carbons (Fsp3) is 0.611. The van der Waals surface area contributed by atoms with Crippen molar-refractivity contribution in [1.82, 2.24) is 13.9 Å². The molecule has 2 saturated heterocycles. The van der Waals surface area contributed by atoms with E-state index in [4.69, 9.17) is 4.74 Å². The zero-order chi connectivity index (χ0) is 22.6. The van der Waals surface area contributed by atoms with Crippen molar-refractivity contribution in [2.24, 2.45) is 5.92 Å². The summed E-state index contributed by atoms with van der Waals surface area (Å²) < 4.78 is 84.5. The summed E-state index contributed by atoms with van der Waals surface area (Å²) in [5.41, 5.74) is 0. The van der Waals surface area contributed by atoms with Gasteiger partial charge >= 0.3 is 0 Å². The summed E-state index contributed by atoms with van der Waals surface area (Å²) in [5.74, 6) is -2.98. The number of carbonyl (C=O) groups is 1. The summed E-state index contributed by atoms with van der Waals surface area (Å²) in [5, 5.41) is 2.60. The zero-order valence-corrected chi connectivity index (χ0v) is 18.4. The fourth-order valence-electron chi connectivity index (χ4n) is 3.57. The quantitative estimate of drug-likeness (QED) is 0.593. The van der Waals surface area contributed by atoms with Gasteiger partial charge in [-0.2, -0.15) is 8.61 Å². The van der Waals surface area contributed by atoms with E-state index in [-0.39, 0.29) is 57.2 Å². The van der Waals surface area contributed by atoms with Gasteiger partial charge < -0.3 is 10.1 Å². The molecule has 1 N–H and O–H groups in total. The normalized spacial score (nSPS) is 19.9. The Bertz CT molecular complexity index is 1010. The van der Waals surface area contributed by atoms with E-state index in [9.17, 15) is 30.4 Å². The molecule has 2 aliphatic rings. The third-order valence-corrected chi connectivity index (χ3v) is 9.14. The van der Waals surface area contributed by atoms with Crippen molar-refractivity contribution in [3.63, 3.8) is 0 Å². The Labute approximate surface area is 180 Å². The van der Waals surface area contributed by atoms with E-state index in [1.54, 1.807) is 0 Å². The molecule has 0 aromatic heterocycles. The Morgan fingerprint density at radius 1 is 1.03 bits per heavy atom. The molecule has 2 aliphatic heterocycles. The predicted octanol–water partition coefficient (Wildman–Crippen LogP) is 0.144. The Morgan fingerprint density at radius 3 is 2.32 bits per heavy atom. The van der Waals surface area contributed by atoms with Gasteiger partial charge in [-0.05, 0) is 31.0 Å². The maximum absolute atomic E-state index is 13.9. The second-order valence-corrected chi connectivity index (χ2v) is 11.4. The highest BCUT2D eigenvalue weighted by Crippen LogP contribution is 2.26. The first-order chi connectivity index (χ1) is 14.6. The third kappa shape index (κ3) is 5.77. The number of carbonyl (C=O) groups excluding carboxylic acids is 1. The molecular weight excluding hydrogens is 456 g/mol. The number of amides is 1. The summed E-state index contributed by atoms with van der Waals surface area (Å²) >= 11 is 0. The molecule has 1 aromatic rings. The first-order valence-corrected chi connectivity index (χ1v) is 12.9. The highest BCUT2D eigenvalue weighted by molar-refractivity contribution is 7.89. The van der Waals surface area contributed by atoms with Gasteiger partial charge in [-0.15, -0.1) is 0 Å². The van der Waals surface area contributed by atoms with Crippen LogP contribution in [0, 0.1) is 17.6 Å². The van der Waals surface area contributed by atoms with Crippen LogP contribution in [0.2, 0.25) is 0 Å². The molecule has 9 nitrogen and oxygen atoms in total. The van der Waals surface area contributed by atoms with E-state index in [1.165, 1.54) is 4.31 Å². The van der Waals surface area contributed by atoms with Crippen LogP contribution in [0.4, 0.5) is 8.78 Å². The number of rotatable bonds is 7. The van der Waals surface area contributed by atoms with Crippen molar-refractivity contribution >= 4 is 26.0 Å². The Balaban J connectivity index is 1.50. The van der Waals surface area contributed by atoms with Crippen LogP contribution in [0.1, 0.15) is 12.8 Å². The Morgan fingerprint density at radius 2 is 1.68 bits per heavy atom. The van der Waals surface area contributed by atoms with Crippen molar-refractivity contribution in [1.29, 1.82) is 0 Å². The maximum Gasteiger partial charge on any atom is 0.246 e. The molecule has 2 heterocycles. The van der Waals surface area contributed by atoms with Crippen molar-refractivity contribution in [2.75, 3.05) is 51.7 Å². The number of halogens is 2.